The van der Waals surface area contributed by atoms with Gasteiger partial charge in [-0.3, -0.25) is 4.79 Å². The molecule has 0 bridgehead atoms. The monoisotopic (exact) mass is 366 g/mol. The maximum atomic E-state index is 12.8. The number of nitrogens with two attached hydrogens (primary N) is 1. The summed E-state index contributed by atoms with van der Waals surface area (Å²) in [6.07, 6.45) is 3.87. The number of hydrogen-bond donors (Lipinski definition) is 1. The fourth-order valence-electron chi connectivity index (χ4n) is 3.48. The molecule has 1 saturated heterocycles. The molecule has 5 heteroatoms. The zero-order valence-corrected chi connectivity index (χ0v) is 14.3. The molecule has 1 heterocycles. The number of nitrogens with zero attached hydrogens (tertiary/aromatic N) is 1. The van der Waals surface area contributed by atoms with E-state index in [-0.39, 0.29) is 24.0 Å². The molecule has 0 unspecified atom stereocenters. The highest BCUT2D eigenvalue weighted by Crippen LogP contribution is 2.31. The van der Waals surface area contributed by atoms with E-state index < -0.39 is 0 Å². The smallest absolute Gasteiger partial charge is 0.225 e. The molecular formula is C17H23BrN2O2. The molecular weight excluding hydrogens is 344 g/mol. The number of carbonyl (C=O) groups is 1. The molecule has 4 nitrogen and oxygen atoms in total. The summed E-state index contributed by atoms with van der Waals surface area (Å²) in [7, 11) is 0. The second kappa shape index (κ2) is 7.11. The van der Waals surface area contributed by atoms with Crippen LogP contribution in [0, 0.1) is 5.92 Å². The third-order valence-corrected chi connectivity index (χ3v) is 5.42. The number of hydrogen-bond acceptors (Lipinski definition) is 3. The summed E-state index contributed by atoms with van der Waals surface area (Å²) in [4.78, 5) is 14.7. The topological polar surface area (TPSA) is 55.6 Å². The Hall–Kier alpha value is -0.910. The van der Waals surface area contributed by atoms with Gasteiger partial charge in [0.15, 0.2) is 0 Å². The zero-order chi connectivity index (χ0) is 15.5. The van der Waals surface area contributed by atoms with Crippen molar-refractivity contribution in [3.05, 3.63) is 34.3 Å². The molecule has 2 fully saturated rings. The molecule has 3 rings (SSSR count). The van der Waals surface area contributed by atoms with Gasteiger partial charge in [0.2, 0.25) is 5.91 Å². The maximum Gasteiger partial charge on any atom is 0.225 e. The van der Waals surface area contributed by atoms with Crippen LogP contribution in [0.3, 0.4) is 0 Å². The largest absolute Gasteiger partial charge is 0.370 e. The van der Waals surface area contributed by atoms with Gasteiger partial charge < -0.3 is 15.4 Å². The minimum absolute atomic E-state index is 0.0504. The summed E-state index contributed by atoms with van der Waals surface area (Å²) in [5, 5.41) is 0. The van der Waals surface area contributed by atoms with Crippen LogP contribution in [-0.4, -0.2) is 36.5 Å². The summed E-state index contributed by atoms with van der Waals surface area (Å²) in [6.45, 7) is 1.91. The predicted octanol–water partition coefficient (Wildman–Crippen LogP) is 2.87. The fraction of sp³-hybridized carbons (Fsp3) is 0.588. The van der Waals surface area contributed by atoms with E-state index in [0.29, 0.717) is 19.7 Å². The van der Waals surface area contributed by atoms with Gasteiger partial charge in [-0.15, -0.1) is 0 Å². The second-order valence-electron chi connectivity index (χ2n) is 6.29. The first kappa shape index (κ1) is 16.0. The van der Waals surface area contributed by atoms with Crippen molar-refractivity contribution in [2.45, 2.75) is 37.8 Å². The predicted molar refractivity (Wildman–Crippen MR) is 89.3 cm³/mol. The molecule has 2 aliphatic rings. The van der Waals surface area contributed by atoms with Crippen LogP contribution in [0.5, 0.6) is 0 Å². The molecule has 0 radical (unpaired) electrons. The van der Waals surface area contributed by atoms with Gasteiger partial charge in [0.25, 0.3) is 0 Å². The van der Waals surface area contributed by atoms with Crippen molar-refractivity contribution in [1.82, 2.24) is 4.90 Å². The number of carbonyl (C=O) groups excluding carboxylic acids is 1. The molecule has 1 aromatic rings. The van der Waals surface area contributed by atoms with Gasteiger partial charge >= 0.3 is 0 Å². The summed E-state index contributed by atoms with van der Waals surface area (Å²) >= 11 is 3.57. The van der Waals surface area contributed by atoms with Gasteiger partial charge in [-0.1, -0.05) is 40.5 Å². The van der Waals surface area contributed by atoms with Crippen LogP contribution in [0.2, 0.25) is 0 Å². The van der Waals surface area contributed by atoms with Crippen LogP contribution in [-0.2, 0) is 9.53 Å². The highest BCUT2D eigenvalue weighted by molar-refractivity contribution is 9.10. The van der Waals surface area contributed by atoms with Crippen molar-refractivity contribution in [3.63, 3.8) is 0 Å². The Morgan fingerprint density at radius 3 is 2.91 bits per heavy atom. The van der Waals surface area contributed by atoms with Crippen LogP contribution in [0.1, 0.15) is 37.4 Å². The Labute approximate surface area is 140 Å². The number of amides is 1. The molecule has 1 amide bonds. The van der Waals surface area contributed by atoms with Crippen molar-refractivity contribution in [1.29, 1.82) is 0 Å². The van der Waals surface area contributed by atoms with Crippen LogP contribution < -0.4 is 5.73 Å². The third-order valence-electron chi connectivity index (χ3n) is 4.69. The lowest BCUT2D eigenvalue weighted by Crippen LogP contribution is -2.46. The van der Waals surface area contributed by atoms with Gasteiger partial charge in [0.05, 0.1) is 13.2 Å². The van der Waals surface area contributed by atoms with Gasteiger partial charge in [-0.25, -0.2) is 0 Å². The first-order valence-electron chi connectivity index (χ1n) is 8.05. The van der Waals surface area contributed by atoms with E-state index in [1.807, 2.05) is 23.1 Å². The van der Waals surface area contributed by atoms with E-state index >= 15 is 0 Å². The molecule has 2 N–H and O–H groups in total. The Morgan fingerprint density at radius 2 is 2.14 bits per heavy atom. The molecule has 3 atom stereocenters. The van der Waals surface area contributed by atoms with Crippen molar-refractivity contribution < 1.29 is 9.53 Å². The van der Waals surface area contributed by atoms with Crippen LogP contribution in [0.4, 0.5) is 0 Å². The normalized spacial score (nSPS) is 29.4. The number of halogens is 1. The van der Waals surface area contributed by atoms with Crippen molar-refractivity contribution in [2.75, 3.05) is 19.7 Å². The summed E-state index contributed by atoms with van der Waals surface area (Å²) < 4.78 is 6.92. The van der Waals surface area contributed by atoms with E-state index in [1.165, 1.54) is 0 Å². The Balaban J connectivity index is 1.68. The van der Waals surface area contributed by atoms with Crippen molar-refractivity contribution in [2.24, 2.45) is 11.7 Å². The first-order valence-corrected chi connectivity index (χ1v) is 8.85. The number of morpholine rings is 1. The Bertz CT molecular complexity index is 537. The lowest BCUT2D eigenvalue weighted by Gasteiger charge is -2.37. The van der Waals surface area contributed by atoms with Crippen LogP contribution in [0.15, 0.2) is 28.7 Å². The Morgan fingerprint density at radius 1 is 1.32 bits per heavy atom. The van der Waals surface area contributed by atoms with Crippen molar-refractivity contribution in [3.8, 4) is 0 Å². The molecule has 1 aliphatic carbocycles. The van der Waals surface area contributed by atoms with E-state index in [9.17, 15) is 4.79 Å². The lowest BCUT2D eigenvalue weighted by molar-refractivity contribution is -0.144. The maximum absolute atomic E-state index is 12.8. The molecule has 120 valence electrons. The van der Waals surface area contributed by atoms with Gasteiger partial charge in [0, 0.05) is 23.0 Å². The molecule has 1 aliphatic heterocycles. The van der Waals surface area contributed by atoms with Gasteiger partial charge in [-0.2, -0.15) is 0 Å². The number of ether oxygens (including phenoxy) is 1. The quantitative estimate of drug-likeness (QED) is 0.875. The molecule has 1 aromatic carbocycles. The average Bonchev–Trinajstić information content (AvgIpc) is 2.55. The van der Waals surface area contributed by atoms with E-state index in [4.69, 9.17) is 10.5 Å². The highest BCUT2D eigenvalue weighted by atomic mass is 79.9. The molecule has 22 heavy (non-hydrogen) atoms. The van der Waals surface area contributed by atoms with Crippen molar-refractivity contribution >= 4 is 21.8 Å². The molecule has 0 spiro atoms. The zero-order valence-electron chi connectivity index (χ0n) is 12.7. The minimum Gasteiger partial charge on any atom is -0.370 e. The van der Waals surface area contributed by atoms with Crippen LogP contribution in [0.25, 0.3) is 0 Å². The third kappa shape index (κ3) is 3.53. The SMILES string of the molecule is N[C@@H]1CCC[C@@H](C(=O)N2CCO[C@@H](c3ccccc3Br)C2)C1. The van der Waals surface area contributed by atoms with E-state index in [1.54, 1.807) is 0 Å². The Kier molecular flexibility index (Phi) is 5.16. The second-order valence-corrected chi connectivity index (χ2v) is 7.14. The fourth-order valence-corrected chi connectivity index (χ4v) is 4.02. The summed E-state index contributed by atoms with van der Waals surface area (Å²) in [5.74, 6) is 0.359. The van der Waals surface area contributed by atoms with E-state index in [0.717, 1.165) is 35.7 Å². The van der Waals surface area contributed by atoms with Crippen LogP contribution >= 0.6 is 15.9 Å². The first-order chi connectivity index (χ1) is 10.6. The number of rotatable bonds is 2. The lowest BCUT2D eigenvalue weighted by atomic mass is 9.85. The average molecular weight is 367 g/mol. The summed E-state index contributed by atoms with van der Waals surface area (Å²) in [5.41, 5.74) is 7.14. The van der Waals surface area contributed by atoms with Gasteiger partial charge in [-0.05, 0) is 30.9 Å². The highest BCUT2D eigenvalue weighted by Gasteiger charge is 2.32. The van der Waals surface area contributed by atoms with E-state index in [2.05, 4.69) is 22.0 Å². The molecule has 1 saturated carbocycles. The minimum atomic E-state index is -0.0504. The summed E-state index contributed by atoms with van der Waals surface area (Å²) in [6, 6.07) is 8.24. The standard InChI is InChI=1S/C17H23BrN2O2/c18-15-7-2-1-6-14(15)16-11-20(8-9-22-16)17(21)12-4-3-5-13(19)10-12/h1-2,6-7,12-13,16H,3-5,8-11,19H2/t12-,13-,16-/m1/s1. The molecule has 0 aromatic heterocycles. The van der Waals surface area contributed by atoms with Gasteiger partial charge in [0.1, 0.15) is 6.10 Å². The number of benzene rings is 1.